The molecule has 1 unspecified atom stereocenters. The van der Waals surface area contributed by atoms with E-state index in [2.05, 4.69) is 24.4 Å². The number of benzene rings is 2. The van der Waals surface area contributed by atoms with Crippen molar-refractivity contribution >= 4 is 11.4 Å². The lowest BCUT2D eigenvalue weighted by molar-refractivity contribution is 0.172. The Morgan fingerprint density at radius 1 is 1.16 bits per heavy atom. The number of aliphatic hydroxyl groups is 1. The van der Waals surface area contributed by atoms with Crippen molar-refractivity contribution in [3.63, 3.8) is 0 Å². The van der Waals surface area contributed by atoms with Crippen LogP contribution in [0.25, 0.3) is 0 Å². The molecule has 2 rings (SSSR count). The summed E-state index contributed by atoms with van der Waals surface area (Å²) < 4.78 is 0. The molecule has 0 saturated heterocycles. The summed E-state index contributed by atoms with van der Waals surface area (Å²) in [5.41, 5.74) is 9.57. The second-order valence-electron chi connectivity index (χ2n) is 4.77. The zero-order chi connectivity index (χ0) is 13.7. The van der Waals surface area contributed by atoms with Gasteiger partial charge in [0.2, 0.25) is 0 Å². The first-order valence-electron chi connectivity index (χ1n) is 6.49. The van der Waals surface area contributed by atoms with Gasteiger partial charge < -0.3 is 16.2 Å². The normalized spacial score (nSPS) is 12.1. The van der Waals surface area contributed by atoms with Gasteiger partial charge in [0.25, 0.3) is 0 Å². The number of aryl methyl sites for hydroxylation is 1. The number of anilines is 2. The summed E-state index contributed by atoms with van der Waals surface area (Å²) in [4.78, 5) is 0. The van der Waals surface area contributed by atoms with Gasteiger partial charge in [-0.3, -0.25) is 0 Å². The molecule has 0 heterocycles. The molecule has 0 fully saturated rings. The van der Waals surface area contributed by atoms with Gasteiger partial charge in [0.15, 0.2) is 0 Å². The largest absolute Gasteiger partial charge is 0.399 e. The molecular formula is C16H20N2O. The highest BCUT2D eigenvalue weighted by Gasteiger charge is 2.07. The molecule has 3 heteroatoms. The van der Waals surface area contributed by atoms with E-state index >= 15 is 0 Å². The second kappa shape index (κ2) is 6.25. The predicted octanol–water partition coefficient (Wildman–Crippen LogP) is 3.11. The van der Waals surface area contributed by atoms with Crippen LogP contribution in [0.5, 0.6) is 0 Å². The molecule has 0 aliphatic carbocycles. The Hall–Kier alpha value is -2.00. The fraction of sp³-hybridized carbons (Fsp3) is 0.250. The summed E-state index contributed by atoms with van der Waals surface area (Å²) in [5.74, 6) is 0. The minimum Gasteiger partial charge on any atom is -0.399 e. The molecule has 0 saturated carbocycles. The summed E-state index contributed by atoms with van der Waals surface area (Å²) in [7, 11) is 0. The molecule has 3 nitrogen and oxygen atoms in total. The number of aliphatic hydroxyl groups excluding tert-OH is 1. The highest BCUT2D eigenvalue weighted by Crippen LogP contribution is 2.19. The predicted molar refractivity (Wildman–Crippen MR) is 80.1 cm³/mol. The van der Waals surface area contributed by atoms with Crippen LogP contribution in [0, 0.1) is 6.92 Å². The van der Waals surface area contributed by atoms with Crippen molar-refractivity contribution in [3.05, 3.63) is 59.7 Å². The summed E-state index contributed by atoms with van der Waals surface area (Å²) in [6.45, 7) is 2.78. The topological polar surface area (TPSA) is 58.3 Å². The SMILES string of the molecule is Cc1ccc(NCCC(O)c2cccc(N)c2)cc1. The number of hydrogen-bond acceptors (Lipinski definition) is 3. The van der Waals surface area contributed by atoms with Gasteiger partial charge in [-0.2, -0.15) is 0 Å². The molecule has 0 spiro atoms. The third-order valence-electron chi connectivity index (χ3n) is 3.09. The molecule has 0 aromatic heterocycles. The first kappa shape index (κ1) is 13.4. The molecule has 0 radical (unpaired) electrons. The Balaban J connectivity index is 1.84. The Morgan fingerprint density at radius 3 is 2.58 bits per heavy atom. The van der Waals surface area contributed by atoms with E-state index in [0.29, 0.717) is 12.1 Å². The quantitative estimate of drug-likeness (QED) is 0.720. The molecule has 0 aliphatic rings. The van der Waals surface area contributed by atoms with Crippen molar-refractivity contribution in [2.75, 3.05) is 17.6 Å². The monoisotopic (exact) mass is 256 g/mol. The molecule has 0 bridgehead atoms. The molecule has 1 atom stereocenters. The van der Waals surface area contributed by atoms with Gasteiger partial charge in [0.1, 0.15) is 0 Å². The average Bonchev–Trinajstić information content (AvgIpc) is 2.41. The van der Waals surface area contributed by atoms with Crippen LogP contribution < -0.4 is 11.1 Å². The molecule has 2 aromatic rings. The fourth-order valence-corrected chi connectivity index (χ4v) is 1.96. The summed E-state index contributed by atoms with van der Waals surface area (Å²) in [5, 5.41) is 13.4. The van der Waals surface area contributed by atoms with Gasteiger partial charge in [0, 0.05) is 17.9 Å². The van der Waals surface area contributed by atoms with Crippen LogP contribution in [0.4, 0.5) is 11.4 Å². The van der Waals surface area contributed by atoms with Crippen LogP contribution in [-0.4, -0.2) is 11.7 Å². The average molecular weight is 256 g/mol. The Kier molecular flexibility index (Phi) is 4.42. The maximum Gasteiger partial charge on any atom is 0.0807 e. The highest BCUT2D eigenvalue weighted by atomic mass is 16.3. The van der Waals surface area contributed by atoms with Crippen LogP contribution in [0.2, 0.25) is 0 Å². The van der Waals surface area contributed by atoms with Crippen molar-refractivity contribution in [2.24, 2.45) is 0 Å². The van der Waals surface area contributed by atoms with Gasteiger partial charge in [0.05, 0.1) is 6.10 Å². The zero-order valence-corrected chi connectivity index (χ0v) is 11.1. The Bertz CT molecular complexity index is 523. The molecule has 19 heavy (non-hydrogen) atoms. The van der Waals surface area contributed by atoms with Crippen molar-refractivity contribution < 1.29 is 5.11 Å². The molecule has 0 aliphatic heterocycles. The van der Waals surface area contributed by atoms with Gasteiger partial charge in [-0.15, -0.1) is 0 Å². The fourth-order valence-electron chi connectivity index (χ4n) is 1.96. The van der Waals surface area contributed by atoms with Gasteiger partial charge in [-0.1, -0.05) is 29.8 Å². The lowest BCUT2D eigenvalue weighted by Gasteiger charge is -2.13. The Labute approximate surface area is 114 Å². The van der Waals surface area contributed by atoms with E-state index in [1.165, 1.54) is 5.56 Å². The number of rotatable bonds is 5. The third kappa shape index (κ3) is 4.00. The molecular weight excluding hydrogens is 236 g/mol. The number of nitrogens with one attached hydrogen (secondary N) is 1. The van der Waals surface area contributed by atoms with Gasteiger partial charge in [-0.25, -0.2) is 0 Å². The van der Waals surface area contributed by atoms with Crippen molar-refractivity contribution in [3.8, 4) is 0 Å². The maximum atomic E-state index is 10.1. The summed E-state index contributed by atoms with van der Waals surface area (Å²) in [6.07, 6.45) is 0.165. The smallest absolute Gasteiger partial charge is 0.0807 e. The standard InChI is InChI=1S/C16H20N2O/c1-12-5-7-15(8-6-12)18-10-9-16(19)13-3-2-4-14(17)11-13/h2-8,11,16,18-19H,9-10,17H2,1H3. The van der Waals surface area contributed by atoms with E-state index in [1.54, 1.807) is 0 Å². The van der Waals surface area contributed by atoms with Gasteiger partial charge in [-0.05, 0) is 43.2 Å². The van der Waals surface area contributed by atoms with Crippen LogP contribution in [-0.2, 0) is 0 Å². The maximum absolute atomic E-state index is 10.1. The molecule has 0 amide bonds. The first-order chi connectivity index (χ1) is 9.15. The third-order valence-corrected chi connectivity index (χ3v) is 3.09. The number of nitrogens with two attached hydrogens (primary N) is 1. The van der Waals surface area contributed by atoms with Crippen LogP contribution in [0.1, 0.15) is 23.7 Å². The second-order valence-corrected chi connectivity index (χ2v) is 4.77. The van der Waals surface area contributed by atoms with E-state index in [4.69, 9.17) is 5.73 Å². The minimum absolute atomic E-state index is 0.485. The number of nitrogen functional groups attached to an aromatic ring is 1. The van der Waals surface area contributed by atoms with Crippen molar-refractivity contribution in [2.45, 2.75) is 19.4 Å². The van der Waals surface area contributed by atoms with E-state index < -0.39 is 6.10 Å². The highest BCUT2D eigenvalue weighted by molar-refractivity contribution is 5.44. The molecule has 2 aromatic carbocycles. The lowest BCUT2D eigenvalue weighted by Crippen LogP contribution is -2.07. The number of hydrogen-bond donors (Lipinski definition) is 3. The molecule has 100 valence electrons. The van der Waals surface area contributed by atoms with E-state index in [1.807, 2.05) is 36.4 Å². The van der Waals surface area contributed by atoms with Crippen LogP contribution >= 0.6 is 0 Å². The summed E-state index contributed by atoms with van der Waals surface area (Å²) in [6, 6.07) is 15.6. The zero-order valence-electron chi connectivity index (χ0n) is 11.1. The van der Waals surface area contributed by atoms with E-state index in [9.17, 15) is 5.11 Å². The van der Waals surface area contributed by atoms with Crippen molar-refractivity contribution in [1.29, 1.82) is 0 Å². The van der Waals surface area contributed by atoms with E-state index in [-0.39, 0.29) is 0 Å². The minimum atomic E-state index is -0.485. The van der Waals surface area contributed by atoms with Crippen LogP contribution in [0.15, 0.2) is 48.5 Å². The summed E-state index contributed by atoms with van der Waals surface area (Å²) >= 11 is 0. The van der Waals surface area contributed by atoms with Crippen LogP contribution in [0.3, 0.4) is 0 Å². The van der Waals surface area contributed by atoms with Crippen molar-refractivity contribution in [1.82, 2.24) is 0 Å². The Morgan fingerprint density at radius 2 is 1.89 bits per heavy atom. The lowest BCUT2D eigenvalue weighted by atomic mass is 10.1. The van der Waals surface area contributed by atoms with Gasteiger partial charge >= 0.3 is 0 Å². The molecule has 4 N–H and O–H groups in total. The first-order valence-corrected chi connectivity index (χ1v) is 6.49. The van der Waals surface area contributed by atoms with E-state index in [0.717, 1.165) is 17.8 Å².